The van der Waals surface area contributed by atoms with E-state index in [-0.39, 0.29) is 27.7 Å². The number of nitrogens with zero attached hydrogens (tertiary/aromatic N) is 1. The molecule has 38 heavy (non-hydrogen) atoms. The molecule has 2 aliphatic rings. The molecular weight excluding hydrogens is 514 g/mol. The van der Waals surface area contributed by atoms with Gasteiger partial charge in [0.1, 0.15) is 36.2 Å². The number of methoxy groups -OCH3 is 3. The number of hydrogen-bond donors (Lipinski definition) is 1. The van der Waals surface area contributed by atoms with Crippen molar-refractivity contribution in [3.05, 3.63) is 76.3 Å². The summed E-state index contributed by atoms with van der Waals surface area (Å²) in [7, 11) is 4.37. The van der Waals surface area contributed by atoms with E-state index >= 15 is 0 Å². The molecule has 10 heteroatoms. The Hall–Kier alpha value is -4.37. The van der Waals surface area contributed by atoms with Gasteiger partial charge in [0.15, 0.2) is 11.5 Å². The van der Waals surface area contributed by atoms with Crippen molar-refractivity contribution in [3.8, 4) is 28.7 Å². The average Bonchev–Trinajstić information content (AvgIpc) is 3.22. The Labute approximate surface area is 223 Å². The number of benzene rings is 3. The van der Waals surface area contributed by atoms with Crippen LogP contribution >= 0.6 is 11.6 Å². The number of fused-ring (bicyclic) bond motifs is 1. The summed E-state index contributed by atoms with van der Waals surface area (Å²) in [5.41, 5.74) is 0.989. The highest BCUT2D eigenvalue weighted by Gasteiger charge is 2.47. The van der Waals surface area contributed by atoms with Crippen LogP contribution in [0, 0.1) is 0 Å². The van der Waals surface area contributed by atoms with Crippen LogP contribution in [0.5, 0.6) is 28.7 Å². The van der Waals surface area contributed by atoms with Gasteiger partial charge in [0, 0.05) is 17.8 Å². The number of ketones is 1. The Morgan fingerprint density at radius 1 is 0.895 bits per heavy atom. The van der Waals surface area contributed by atoms with Crippen molar-refractivity contribution in [3.63, 3.8) is 0 Å². The standard InChI is InChI=1S/C28H24ClNO8/c1-34-17-7-4-15(5-8-17)25-24(26(31)18-13-22(36-3)19(29)14-21(18)35-2)27(32)28(33)30(25)16-6-9-20-23(12-16)38-11-10-37-20/h4-9,12-14,25,31H,10-11H2,1-3H3/b26-24+. The van der Waals surface area contributed by atoms with Crippen LogP contribution in [0.15, 0.2) is 60.2 Å². The summed E-state index contributed by atoms with van der Waals surface area (Å²) in [4.78, 5) is 28.4. The zero-order valence-corrected chi connectivity index (χ0v) is 21.6. The molecule has 0 bridgehead atoms. The van der Waals surface area contributed by atoms with Gasteiger partial charge < -0.3 is 28.8 Å². The van der Waals surface area contributed by atoms with Crippen molar-refractivity contribution in [1.82, 2.24) is 0 Å². The van der Waals surface area contributed by atoms with Gasteiger partial charge in [-0.25, -0.2) is 0 Å². The zero-order chi connectivity index (χ0) is 27.0. The number of hydrogen-bond acceptors (Lipinski definition) is 8. The topological polar surface area (TPSA) is 104 Å². The van der Waals surface area contributed by atoms with Gasteiger partial charge in [0.05, 0.1) is 43.5 Å². The van der Waals surface area contributed by atoms with Gasteiger partial charge in [0.2, 0.25) is 0 Å². The molecule has 0 radical (unpaired) electrons. The van der Waals surface area contributed by atoms with E-state index in [0.717, 1.165) is 0 Å². The smallest absolute Gasteiger partial charge is 0.300 e. The summed E-state index contributed by atoms with van der Waals surface area (Å²) >= 11 is 6.24. The largest absolute Gasteiger partial charge is 0.507 e. The normalized spacial score (nSPS) is 17.9. The fraction of sp³-hybridized carbons (Fsp3) is 0.214. The molecule has 1 saturated heterocycles. The predicted molar refractivity (Wildman–Crippen MR) is 140 cm³/mol. The molecule has 2 aliphatic heterocycles. The van der Waals surface area contributed by atoms with Crippen molar-refractivity contribution in [2.24, 2.45) is 0 Å². The first-order chi connectivity index (χ1) is 18.4. The van der Waals surface area contributed by atoms with Crippen LogP contribution in [0.3, 0.4) is 0 Å². The first-order valence-electron chi connectivity index (χ1n) is 11.6. The maximum Gasteiger partial charge on any atom is 0.300 e. The number of aliphatic hydroxyl groups excluding tert-OH is 1. The lowest BCUT2D eigenvalue weighted by atomic mass is 9.94. The zero-order valence-electron chi connectivity index (χ0n) is 20.8. The Kier molecular flexibility index (Phi) is 6.77. The molecular formula is C28H24ClNO8. The van der Waals surface area contributed by atoms with Crippen molar-refractivity contribution in [1.29, 1.82) is 0 Å². The third kappa shape index (κ3) is 4.24. The second-order valence-electron chi connectivity index (χ2n) is 8.46. The lowest BCUT2D eigenvalue weighted by Crippen LogP contribution is -2.29. The lowest BCUT2D eigenvalue weighted by Gasteiger charge is -2.27. The Morgan fingerprint density at radius 3 is 2.24 bits per heavy atom. The molecule has 2 heterocycles. The molecule has 0 aliphatic carbocycles. The number of Topliss-reactive ketones (excluding diaryl/α,β-unsaturated/α-hetero) is 1. The van der Waals surface area contributed by atoms with Crippen LogP contribution in [0.4, 0.5) is 5.69 Å². The van der Waals surface area contributed by atoms with E-state index in [9.17, 15) is 14.7 Å². The summed E-state index contributed by atoms with van der Waals surface area (Å²) in [5, 5.41) is 11.8. The van der Waals surface area contributed by atoms with Crippen LogP contribution in [0.2, 0.25) is 5.02 Å². The molecule has 9 nitrogen and oxygen atoms in total. The van der Waals surface area contributed by atoms with Gasteiger partial charge in [-0.15, -0.1) is 0 Å². The molecule has 0 aromatic heterocycles. The van der Waals surface area contributed by atoms with Crippen LogP contribution in [0.1, 0.15) is 17.2 Å². The number of halogens is 1. The van der Waals surface area contributed by atoms with Gasteiger partial charge in [0.25, 0.3) is 11.7 Å². The minimum absolute atomic E-state index is 0.127. The highest BCUT2D eigenvalue weighted by Crippen LogP contribution is 2.46. The van der Waals surface area contributed by atoms with E-state index in [0.29, 0.717) is 41.7 Å². The third-order valence-corrected chi connectivity index (χ3v) is 6.70. The Bertz CT molecular complexity index is 1450. The fourth-order valence-corrected chi connectivity index (χ4v) is 4.80. The summed E-state index contributed by atoms with van der Waals surface area (Å²) in [5.74, 6) is -0.0736. The molecule has 5 rings (SSSR count). The van der Waals surface area contributed by atoms with Gasteiger partial charge in [-0.2, -0.15) is 0 Å². The maximum absolute atomic E-state index is 13.5. The third-order valence-electron chi connectivity index (χ3n) is 6.41. The number of aliphatic hydroxyl groups is 1. The summed E-state index contributed by atoms with van der Waals surface area (Å²) in [6.07, 6.45) is 0. The first kappa shape index (κ1) is 25.3. The van der Waals surface area contributed by atoms with Crippen LogP contribution in [-0.4, -0.2) is 51.3 Å². The van der Waals surface area contributed by atoms with Crippen LogP contribution in [-0.2, 0) is 9.59 Å². The second-order valence-corrected chi connectivity index (χ2v) is 8.86. The van der Waals surface area contributed by atoms with E-state index < -0.39 is 23.5 Å². The first-order valence-corrected chi connectivity index (χ1v) is 12.0. The van der Waals surface area contributed by atoms with E-state index in [1.54, 1.807) is 42.5 Å². The molecule has 0 saturated carbocycles. The summed E-state index contributed by atoms with van der Waals surface area (Å²) in [6.45, 7) is 0.768. The van der Waals surface area contributed by atoms with Gasteiger partial charge in [-0.05, 0) is 35.9 Å². The predicted octanol–water partition coefficient (Wildman–Crippen LogP) is 4.76. The highest BCUT2D eigenvalue weighted by atomic mass is 35.5. The maximum atomic E-state index is 13.5. The van der Waals surface area contributed by atoms with E-state index in [1.165, 1.54) is 38.4 Å². The molecule has 1 unspecified atom stereocenters. The molecule has 0 spiro atoms. The number of amides is 1. The van der Waals surface area contributed by atoms with Gasteiger partial charge in [-0.3, -0.25) is 14.5 Å². The molecule has 1 amide bonds. The Morgan fingerprint density at radius 2 is 1.58 bits per heavy atom. The number of ether oxygens (including phenoxy) is 5. The average molecular weight is 538 g/mol. The van der Waals surface area contributed by atoms with Crippen molar-refractivity contribution < 1.29 is 38.4 Å². The molecule has 1 fully saturated rings. The SMILES string of the molecule is COc1ccc(C2/C(=C(\O)c3cc(OC)c(Cl)cc3OC)C(=O)C(=O)N2c2ccc3c(c2)OCCO3)cc1. The van der Waals surface area contributed by atoms with Gasteiger partial charge in [-0.1, -0.05) is 23.7 Å². The van der Waals surface area contributed by atoms with Crippen molar-refractivity contribution in [2.75, 3.05) is 39.4 Å². The van der Waals surface area contributed by atoms with E-state index in [2.05, 4.69) is 0 Å². The van der Waals surface area contributed by atoms with Crippen LogP contribution < -0.4 is 28.6 Å². The molecule has 1 N–H and O–H groups in total. The number of carbonyl (C=O) groups excluding carboxylic acids is 2. The second kappa shape index (κ2) is 10.2. The summed E-state index contributed by atoms with van der Waals surface area (Å²) in [6, 6.07) is 13.8. The highest BCUT2D eigenvalue weighted by molar-refractivity contribution is 6.51. The molecule has 1 atom stereocenters. The number of rotatable bonds is 6. The van der Waals surface area contributed by atoms with Crippen molar-refractivity contribution >= 4 is 34.7 Å². The molecule has 3 aromatic rings. The molecule has 3 aromatic carbocycles. The fourth-order valence-electron chi connectivity index (χ4n) is 4.57. The van der Waals surface area contributed by atoms with E-state index in [4.69, 9.17) is 35.3 Å². The van der Waals surface area contributed by atoms with E-state index in [1.807, 2.05) is 0 Å². The summed E-state index contributed by atoms with van der Waals surface area (Å²) < 4.78 is 27.3. The monoisotopic (exact) mass is 537 g/mol. The number of carbonyl (C=O) groups is 2. The van der Waals surface area contributed by atoms with Crippen molar-refractivity contribution in [2.45, 2.75) is 6.04 Å². The minimum Gasteiger partial charge on any atom is -0.507 e. The van der Waals surface area contributed by atoms with Crippen LogP contribution in [0.25, 0.3) is 5.76 Å². The minimum atomic E-state index is -0.977. The lowest BCUT2D eigenvalue weighted by molar-refractivity contribution is -0.132. The Balaban J connectivity index is 1.73. The quantitative estimate of drug-likeness (QED) is 0.273. The molecule has 196 valence electrons. The number of anilines is 1. The van der Waals surface area contributed by atoms with Gasteiger partial charge >= 0.3 is 0 Å².